The largest absolute Gasteiger partial charge is 0.356 e. The first kappa shape index (κ1) is 8.93. The van der Waals surface area contributed by atoms with Crippen LogP contribution in [0.15, 0.2) is 0 Å². The number of carbonyl (C=O) groups is 1. The second-order valence-corrected chi connectivity index (χ2v) is 1.45. The number of rotatable bonds is 0. The van der Waals surface area contributed by atoms with E-state index in [1.165, 1.54) is 0 Å². The predicted octanol–water partition coefficient (Wildman–Crippen LogP) is 1.67. The predicted molar refractivity (Wildman–Crippen MR) is 50.3 cm³/mol. The second kappa shape index (κ2) is 6.06. The summed E-state index contributed by atoms with van der Waals surface area (Å²) < 4.78 is 0. The molecule has 2 nitrogen and oxygen atoms in total. The zero-order chi connectivity index (χ0) is 6.41. The van der Waals surface area contributed by atoms with Crippen molar-refractivity contribution in [2.45, 2.75) is 12.8 Å². The van der Waals surface area contributed by atoms with Gasteiger partial charge >= 0.3 is 0 Å². The highest BCUT2D eigenvalue weighted by atomic mass is 128. The molecule has 0 saturated carbocycles. The van der Waals surface area contributed by atoms with E-state index in [-0.39, 0.29) is 5.91 Å². The van der Waals surface area contributed by atoms with E-state index in [9.17, 15) is 4.79 Å². The van der Waals surface area contributed by atoms with Crippen LogP contribution >= 0.6 is 37.2 Å². The SMILES string of the molecule is II.O=C1CCCN1. The van der Waals surface area contributed by atoms with E-state index in [0.717, 1.165) is 19.4 Å². The van der Waals surface area contributed by atoms with Gasteiger partial charge in [0, 0.05) is 50.2 Å². The van der Waals surface area contributed by atoms with Crippen LogP contribution < -0.4 is 5.32 Å². The van der Waals surface area contributed by atoms with Crippen LogP contribution in [0.25, 0.3) is 0 Å². The van der Waals surface area contributed by atoms with Gasteiger partial charge in [0.05, 0.1) is 0 Å². The van der Waals surface area contributed by atoms with Gasteiger partial charge in [-0.3, -0.25) is 4.79 Å². The van der Waals surface area contributed by atoms with Crippen molar-refractivity contribution >= 4 is 43.1 Å². The third kappa shape index (κ3) is 3.88. The van der Waals surface area contributed by atoms with Crippen molar-refractivity contribution in [2.24, 2.45) is 0 Å². The molecule has 1 aliphatic heterocycles. The van der Waals surface area contributed by atoms with E-state index in [4.69, 9.17) is 0 Å². The van der Waals surface area contributed by atoms with Gasteiger partial charge in [-0.05, 0) is 6.42 Å². The molecule has 0 spiro atoms. The van der Waals surface area contributed by atoms with Crippen LogP contribution in [0.5, 0.6) is 0 Å². The van der Waals surface area contributed by atoms with Crippen molar-refractivity contribution in [3.63, 3.8) is 0 Å². The van der Waals surface area contributed by atoms with Crippen molar-refractivity contribution in [2.75, 3.05) is 6.54 Å². The molecule has 1 heterocycles. The highest BCUT2D eigenvalue weighted by Crippen LogP contribution is 1.93. The first-order valence-corrected chi connectivity index (χ1v) is 8.59. The smallest absolute Gasteiger partial charge is 0.220 e. The van der Waals surface area contributed by atoms with Crippen molar-refractivity contribution in [3.05, 3.63) is 0 Å². The molecule has 0 aliphatic carbocycles. The van der Waals surface area contributed by atoms with E-state index < -0.39 is 0 Å². The fourth-order valence-corrected chi connectivity index (χ4v) is 0.565. The van der Waals surface area contributed by atoms with Gasteiger partial charge in [-0.15, -0.1) is 0 Å². The topological polar surface area (TPSA) is 29.1 Å². The molecule has 1 fully saturated rings. The van der Waals surface area contributed by atoms with Crippen molar-refractivity contribution in [1.82, 2.24) is 5.32 Å². The summed E-state index contributed by atoms with van der Waals surface area (Å²) in [6.45, 7) is 0.888. The van der Waals surface area contributed by atoms with Crippen molar-refractivity contribution in [3.8, 4) is 0 Å². The minimum atomic E-state index is 0.204. The summed E-state index contributed by atoms with van der Waals surface area (Å²) >= 11 is 4.24. The summed E-state index contributed by atoms with van der Waals surface area (Å²) in [6.07, 6.45) is 1.76. The Kier molecular flexibility index (Phi) is 6.76. The lowest BCUT2D eigenvalue weighted by Gasteiger charge is -1.80. The molecule has 1 rings (SSSR count). The van der Waals surface area contributed by atoms with Gasteiger partial charge in [-0.2, -0.15) is 0 Å². The zero-order valence-electron chi connectivity index (χ0n) is 4.29. The molecule has 1 aliphatic rings. The fourth-order valence-electron chi connectivity index (χ4n) is 0.565. The monoisotopic (exact) mass is 339 g/mol. The Morgan fingerprint density at radius 1 is 1.50 bits per heavy atom. The molecule has 0 radical (unpaired) electrons. The summed E-state index contributed by atoms with van der Waals surface area (Å²) in [7, 11) is 0. The molecule has 0 atom stereocenters. The van der Waals surface area contributed by atoms with Gasteiger partial charge in [0.15, 0.2) is 0 Å². The van der Waals surface area contributed by atoms with Gasteiger partial charge in [0.2, 0.25) is 5.91 Å². The lowest BCUT2D eigenvalue weighted by molar-refractivity contribution is -0.119. The molecule has 0 aromatic rings. The van der Waals surface area contributed by atoms with Crippen LogP contribution in [0.2, 0.25) is 0 Å². The summed E-state index contributed by atoms with van der Waals surface area (Å²) in [5.41, 5.74) is 0. The maximum absolute atomic E-state index is 10.1. The summed E-state index contributed by atoms with van der Waals surface area (Å²) in [6, 6.07) is 0. The van der Waals surface area contributed by atoms with Crippen LogP contribution in [0, 0.1) is 0 Å². The molecule has 0 aromatic carbocycles. The normalized spacial score (nSPS) is 16.5. The fraction of sp³-hybridized carbons (Fsp3) is 0.750. The highest BCUT2D eigenvalue weighted by Gasteiger charge is 2.05. The molecule has 1 amide bonds. The van der Waals surface area contributed by atoms with E-state index in [1.807, 2.05) is 0 Å². The average Bonchev–Trinajstić information content (AvgIpc) is 2.24. The lowest BCUT2D eigenvalue weighted by atomic mass is 10.4. The zero-order valence-corrected chi connectivity index (χ0v) is 8.60. The molecule has 1 saturated heterocycles. The summed E-state index contributed by atoms with van der Waals surface area (Å²) in [5, 5.41) is 2.68. The van der Waals surface area contributed by atoms with Crippen LogP contribution in [-0.2, 0) is 4.79 Å². The molecule has 8 heavy (non-hydrogen) atoms. The molecule has 0 bridgehead atoms. The molecular formula is C4H7I2NO. The number of hydrogen-bond donors (Lipinski definition) is 1. The maximum Gasteiger partial charge on any atom is 0.220 e. The Hall–Kier alpha value is 0.930. The quantitative estimate of drug-likeness (QED) is 0.669. The van der Waals surface area contributed by atoms with Gasteiger partial charge in [-0.1, -0.05) is 0 Å². The number of hydrogen-bond acceptors (Lipinski definition) is 1. The maximum atomic E-state index is 10.1. The Balaban J connectivity index is 0.000000222. The molecule has 0 aromatic heterocycles. The van der Waals surface area contributed by atoms with E-state index in [2.05, 4.69) is 42.5 Å². The minimum Gasteiger partial charge on any atom is -0.356 e. The Morgan fingerprint density at radius 3 is 2.25 bits per heavy atom. The van der Waals surface area contributed by atoms with Gasteiger partial charge in [0.25, 0.3) is 0 Å². The van der Waals surface area contributed by atoms with Crippen LogP contribution in [0.4, 0.5) is 0 Å². The molecular weight excluding hydrogens is 332 g/mol. The second-order valence-electron chi connectivity index (χ2n) is 1.45. The standard InChI is InChI=1S/C4H7NO.I2/c6-4-2-1-3-5-4;1-2/h1-3H2,(H,5,6);. The number of halogens is 2. The lowest BCUT2D eigenvalue weighted by Crippen LogP contribution is -2.12. The molecule has 0 unspecified atom stereocenters. The van der Waals surface area contributed by atoms with Crippen LogP contribution in [0.1, 0.15) is 12.8 Å². The van der Waals surface area contributed by atoms with Gasteiger partial charge in [-0.25, -0.2) is 0 Å². The van der Waals surface area contributed by atoms with Crippen LogP contribution in [-0.4, -0.2) is 12.5 Å². The Bertz CT molecular complexity index is 68.4. The highest BCUT2D eigenvalue weighted by molar-refractivity contribution is 15.0. The first-order valence-electron chi connectivity index (χ1n) is 2.30. The Labute approximate surface area is 72.1 Å². The van der Waals surface area contributed by atoms with E-state index in [0.29, 0.717) is 0 Å². The molecule has 48 valence electrons. The van der Waals surface area contributed by atoms with Crippen molar-refractivity contribution < 1.29 is 4.79 Å². The third-order valence-electron chi connectivity index (χ3n) is 0.903. The summed E-state index contributed by atoms with van der Waals surface area (Å²) in [4.78, 5) is 10.1. The molecule has 4 heteroatoms. The number of amides is 1. The first-order chi connectivity index (χ1) is 3.89. The van der Waals surface area contributed by atoms with E-state index >= 15 is 0 Å². The molecule has 1 N–H and O–H groups in total. The third-order valence-corrected chi connectivity index (χ3v) is 0.903. The minimum absolute atomic E-state index is 0.204. The number of carbonyl (C=O) groups excluding carboxylic acids is 1. The average molecular weight is 339 g/mol. The van der Waals surface area contributed by atoms with E-state index in [1.54, 1.807) is 0 Å². The Morgan fingerprint density at radius 2 is 2.12 bits per heavy atom. The van der Waals surface area contributed by atoms with Gasteiger partial charge in [0.1, 0.15) is 0 Å². The van der Waals surface area contributed by atoms with Gasteiger partial charge < -0.3 is 5.32 Å². The number of nitrogens with one attached hydrogen (secondary N) is 1. The summed E-state index contributed by atoms with van der Waals surface area (Å²) in [5.74, 6) is 0.204. The van der Waals surface area contributed by atoms with Crippen LogP contribution in [0.3, 0.4) is 0 Å². The van der Waals surface area contributed by atoms with Crippen molar-refractivity contribution in [1.29, 1.82) is 0 Å².